The molecule has 1 aromatic carbocycles. The third-order valence-corrected chi connectivity index (χ3v) is 7.44. The van der Waals surface area contributed by atoms with E-state index in [9.17, 15) is 18.0 Å². The van der Waals surface area contributed by atoms with Crippen molar-refractivity contribution in [3.63, 3.8) is 0 Å². The highest BCUT2D eigenvalue weighted by Crippen LogP contribution is 2.22. The number of thiazole rings is 1. The minimum atomic E-state index is -3.93. The van der Waals surface area contributed by atoms with Crippen LogP contribution in [0.5, 0.6) is 0 Å². The van der Waals surface area contributed by atoms with Crippen molar-refractivity contribution < 1.29 is 18.0 Å². The first-order valence-electron chi connectivity index (χ1n) is 9.57. The number of halogens is 1. The summed E-state index contributed by atoms with van der Waals surface area (Å²) in [4.78, 5) is 28.7. The Morgan fingerprint density at radius 3 is 2.70 bits per heavy atom. The standard InChI is InChI=1S/C20H22ClN3O4S2/c1-2-10-24-16-9-8-14(21)11-17(16)29-20(24)23-19(26)13-30(27,28)12-18(25)22-15-6-4-3-5-7-15/h1,8-9,11,15H,3-7,10,12-13H2,(H,22,25). The lowest BCUT2D eigenvalue weighted by atomic mass is 9.95. The van der Waals surface area contributed by atoms with Gasteiger partial charge in [-0.1, -0.05) is 48.1 Å². The van der Waals surface area contributed by atoms with Gasteiger partial charge in [0.15, 0.2) is 14.6 Å². The highest BCUT2D eigenvalue weighted by molar-refractivity contribution is 7.92. The van der Waals surface area contributed by atoms with Gasteiger partial charge in [0.05, 0.1) is 16.8 Å². The van der Waals surface area contributed by atoms with Gasteiger partial charge < -0.3 is 9.88 Å². The van der Waals surface area contributed by atoms with Gasteiger partial charge in [-0.15, -0.1) is 6.42 Å². The molecule has 2 amide bonds. The molecule has 160 valence electrons. The number of rotatable bonds is 6. The van der Waals surface area contributed by atoms with E-state index in [1.807, 2.05) is 0 Å². The average molecular weight is 468 g/mol. The Labute approximate surface area is 184 Å². The average Bonchev–Trinajstić information content (AvgIpc) is 2.97. The second-order valence-electron chi connectivity index (χ2n) is 7.23. The van der Waals surface area contributed by atoms with Crippen LogP contribution in [0.2, 0.25) is 5.02 Å². The van der Waals surface area contributed by atoms with Gasteiger partial charge in [0.1, 0.15) is 11.5 Å². The number of carbonyl (C=O) groups is 2. The predicted molar refractivity (Wildman–Crippen MR) is 118 cm³/mol. The Hall–Kier alpha value is -2.15. The van der Waals surface area contributed by atoms with Crippen LogP contribution in [0.3, 0.4) is 0 Å². The molecule has 7 nitrogen and oxygen atoms in total. The number of nitrogens with zero attached hydrogens (tertiary/aromatic N) is 2. The first-order chi connectivity index (χ1) is 14.3. The van der Waals surface area contributed by atoms with Crippen LogP contribution in [-0.2, 0) is 26.0 Å². The quantitative estimate of drug-likeness (QED) is 0.659. The molecule has 1 fully saturated rings. The number of benzene rings is 1. The maximum absolute atomic E-state index is 12.3. The van der Waals surface area contributed by atoms with Gasteiger partial charge in [-0.3, -0.25) is 9.59 Å². The van der Waals surface area contributed by atoms with Gasteiger partial charge in [-0.2, -0.15) is 4.99 Å². The van der Waals surface area contributed by atoms with Crippen molar-refractivity contribution in [3.05, 3.63) is 28.0 Å². The van der Waals surface area contributed by atoms with E-state index in [1.54, 1.807) is 22.8 Å². The topological polar surface area (TPSA) is 97.6 Å². The number of aromatic nitrogens is 1. The molecule has 1 aliphatic carbocycles. The first-order valence-corrected chi connectivity index (χ1v) is 12.6. The van der Waals surface area contributed by atoms with E-state index < -0.39 is 33.2 Å². The molecule has 3 rings (SSSR count). The minimum Gasteiger partial charge on any atom is -0.352 e. The summed E-state index contributed by atoms with van der Waals surface area (Å²) >= 11 is 7.20. The van der Waals surface area contributed by atoms with Crippen LogP contribution in [0.15, 0.2) is 23.2 Å². The summed E-state index contributed by atoms with van der Waals surface area (Å²) in [5, 5.41) is 3.28. The molecular formula is C20H22ClN3O4S2. The van der Waals surface area contributed by atoms with Crippen molar-refractivity contribution in [1.29, 1.82) is 0 Å². The Balaban J connectivity index is 1.73. The zero-order valence-corrected chi connectivity index (χ0v) is 18.7. The van der Waals surface area contributed by atoms with Crippen molar-refractivity contribution in [2.45, 2.75) is 44.7 Å². The van der Waals surface area contributed by atoms with Crippen molar-refractivity contribution in [2.24, 2.45) is 4.99 Å². The molecule has 0 atom stereocenters. The molecular weight excluding hydrogens is 446 g/mol. The van der Waals surface area contributed by atoms with E-state index in [1.165, 1.54) is 11.3 Å². The van der Waals surface area contributed by atoms with E-state index >= 15 is 0 Å². The van der Waals surface area contributed by atoms with Crippen LogP contribution in [0, 0.1) is 12.3 Å². The molecule has 1 saturated carbocycles. The molecule has 0 radical (unpaired) electrons. The van der Waals surface area contributed by atoms with Gasteiger partial charge in [-0.05, 0) is 31.0 Å². The van der Waals surface area contributed by atoms with Crippen LogP contribution in [0.1, 0.15) is 32.1 Å². The fraction of sp³-hybridized carbons (Fsp3) is 0.450. The van der Waals surface area contributed by atoms with Crippen LogP contribution >= 0.6 is 22.9 Å². The normalized spacial score (nSPS) is 15.8. The molecule has 0 spiro atoms. The smallest absolute Gasteiger partial charge is 0.263 e. The number of amides is 2. The van der Waals surface area contributed by atoms with E-state index in [-0.39, 0.29) is 17.4 Å². The maximum atomic E-state index is 12.3. The molecule has 1 aromatic heterocycles. The lowest BCUT2D eigenvalue weighted by molar-refractivity contribution is -0.119. The first kappa shape index (κ1) is 22.5. The zero-order valence-electron chi connectivity index (χ0n) is 16.3. The Morgan fingerprint density at radius 1 is 1.27 bits per heavy atom. The number of hydrogen-bond acceptors (Lipinski definition) is 5. The summed E-state index contributed by atoms with van der Waals surface area (Å²) in [6, 6.07) is 5.20. The second-order valence-corrected chi connectivity index (χ2v) is 10.7. The van der Waals surface area contributed by atoms with Crippen molar-refractivity contribution >= 4 is 54.8 Å². The van der Waals surface area contributed by atoms with E-state index in [4.69, 9.17) is 18.0 Å². The molecule has 0 aliphatic heterocycles. The SMILES string of the molecule is C#CCn1c(=NC(=O)CS(=O)(=O)CC(=O)NC2CCCCC2)sc2cc(Cl)ccc21. The van der Waals surface area contributed by atoms with Gasteiger partial charge >= 0.3 is 0 Å². The highest BCUT2D eigenvalue weighted by atomic mass is 35.5. The molecule has 1 N–H and O–H groups in total. The Kier molecular flexibility index (Phi) is 7.34. The van der Waals surface area contributed by atoms with Crippen LogP contribution in [-0.4, -0.2) is 42.3 Å². The summed E-state index contributed by atoms with van der Waals surface area (Å²) < 4.78 is 27.1. The molecule has 30 heavy (non-hydrogen) atoms. The van der Waals surface area contributed by atoms with Gasteiger partial charge in [-0.25, -0.2) is 8.42 Å². The number of sulfone groups is 1. The summed E-state index contributed by atoms with van der Waals surface area (Å²) in [6.07, 6.45) is 10.3. The molecule has 2 aromatic rings. The predicted octanol–water partition coefficient (Wildman–Crippen LogP) is 2.28. The van der Waals surface area contributed by atoms with Crippen molar-refractivity contribution in [1.82, 2.24) is 9.88 Å². The maximum Gasteiger partial charge on any atom is 0.263 e. The number of nitrogens with one attached hydrogen (secondary N) is 1. The van der Waals surface area contributed by atoms with Crippen molar-refractivity contribution in [3.8, 4) is 12.3 Å². The lowest BCUT2D eigenvalue weighted by Gasteiger charge is -2.22. The van der Waals surface area contributed by atoms with Crippen LogP contribution in [0.25, 0.3) is 10.2 Å². The summed E-state index contributed by atoms with van der Waals surface area (Å²) in [6.45, 7) is 0.171. The van der Waals surface area contributed by atoms with Crippen LogP contribution < -0.4 is 10.1 Å². The third kappa shape index (κ3) is 5.94. The van der Waals surface area contributed by atoms with E-state index in [0.717, 1.165) is 42.3 Å². The summed E-state index contributed by atoms with van der Waals surface area (Å²) in [5.41, 5.74) is 0.753. The second kappa shape index (κ2) is 9.77. The van der Waals surface area contributed by atoms with Crippen molar-refractivity contribution in [2.75, 3.05) is 11.5 Å². The Bertz CT molecular complexity index is 1170. The molecule has 0 bridgehead atoms. The van der Waals surface area contributed by atoms with Gasteiger partial charge in [0.2, 0.25) is 5.91 Å². The largest absolute Gasteiger partial charge is 0.352 e. The summed E-state index contributed by atoms with van der Waals surface area (Å²) in [5.74, 6) is -0.483. The monoisotopic (exact) mass is 467 g/mol. The molecule has 0 saturated heterocycles. The number of hydrogen-bond donors (Lipinski definition) is 1. The van der Waals surface area contributed by atoms with E-state index in [2.05, 4.69) is 16.2 Å². The fourth-order valence-corrected chi connectivity index (χ4v) is 5.82. The zero-order chi connectivity index (χ0) is 21.7. The van der Waals surface area contributed by atoms with Crippen LogP contribution in [0.4, 0.5) is 0 Å². The minimum absolute atomic E-state index is 0.00920. The van der Waals surface area contributed by atoms with Gasteiger partial charge in [0, 0.05) is 11.1 Å². The highest BCUT2D eigenvalue weighted by Gasteiger charge is 2.23. The van der Waals surface area contributed by atoms with E-state index in [0.29, 0.717) is 5.02 Å². The fourth-order valence-electron chi connectivity index (χ4n) is 3.47. The molecule has 1 heterocycles. The van der Waals surface area contributed by atoms with Gasteiger partial charge in [0.25, 0.3) is 5.91 Å². The summed E-state index contributed by atoms with van der Waals surface area (Å²) in [7, 11) is -3.93. The molecule has 10 heteroatoms. The number of terminal acetylenes is 1. The molecule has 0 unspecified atom stereocenters. The number of carbonyl (C=O) groups excluding carboxylic acids is 2. The lowest BCUT2D eigenvalue weighted by Crippen LogP contribution is -2.40. The third-order valence-electron chi connectivity index (χ3n) is 4.78. The Morgan fingerprint density at radius 2 is 2.00 bits per heavy atom. The number of fused-ring (bicyclic) bond motifs is 1. The molecule has 1 aliphatic rings.